The summed E-state index contributed by atoms with van der Waals surface area (Å²) in [6, 6.07) is 6.15. The molecule has 0 saturated carbocycles. The van der Waals surface area contributed by atoms with Crippen LogP contribution in [0.5, 0.6) is 5.75 Å². The lowest BCUT2D eigenvalue weighted by atomic mass is 9.96. The summed E-state index contributed by atoms with van der Waals surface area (Å²) in [5, 5.41) is 0. The highest BCUT2D eigenvalue weighted by atomic mass is 16.5. The molecule has 0 unspecified atom stereocenters. The van der Waals surface area contributed by atoms with Crippen LogP contribution in [0.3, 0.4) is 0 Å². The third-order valence-electron chi connectivity index (χ3n) is 3.96. The maximum atomic E-state index is 6.00. The van der Waals surface area contributed by atoms with Gasteiger partial charge in [0, 0.05) is 31.4 Å². The van der Waals surface area contributed by atoms with Gasteiger partial charge in [-0.3, -0.25) is 0 Å². The van der Waals surface area contributed by atoms with Gasteiger partial charge in [0.15, 0.2) is 0 Å². The number of nitrogen functional groups attached to an aromatic ring is 1. The summed E-state index contributed by atoms with van der Waals surface area (Å²) in [6.45, 7) is 7.47. The van der Waals surface area contributed by atoms with Crippen LogP contribution < -0.4 is 15.4 Å². The van der Waals surface area contributed by atoms with Crippen molar-refractivity contribution in [2.75, 3.05) is 44.4 Å². The molecule has 21 heavy (non-hydrogen) atoms. The van der Waals surface area contributed by atoms with Crippen LogP contribution in [0.1, 0.15) is 26.7 Å². The normalized spacial score (nSPS) is 16.8. The number of anilines is 2. The van der Waals surface area contributed by atoms with E-state index in [0.717, 1.165) is 30.4 Å². The fourth-order valence-corrected chi connectivity index (χ4v) is 2.97. The second kappa shape index (κ2) is 7.03. The molecule has 1 aromatic rings. The lowest BCUT2D eigenvalue weighted by molar-refractivity contribution is 0.244. The van der Waals surface area contributed by atoms with Crippen LogP contribution in [0.2, 0.25) is 0 Å². The van der Waals surface area contributed by atoms with E-state index < -0.39 is 0 Å². The lowest BCUT2D eigenvalue weighted by Crippen LogP contribution is -2.37. The Balaban J connectivity index is 2.00. The minimum absolute atomic E-state index is 0.147. The smallest absolute Gasteiger partial charge is 0.144 e. The van der Waals surface area contributed by atoms with E-state index in [1.165, 1.54) is 25.1 Å². The molecule has 0 amide bonds. The Morgan fingerprint density at radius 1 is 1.29 bits per heavy atom. The van der Waals surface area contributed by atoms with Gasteiger partial charge in [0.1, 0.15) is 5.75 Å². The number of nitrogens with two attached hydrogens (primary N) is 1. The van der Waals surface area contributed by atoms with Crippen molar-refractivity contribution in [3.63, 3.8) is 0 Å². The average Bonchev–Trinajstić information content (AvgIpc) is 2.41. The molecule has 1 aromatic carbocycles. The number of rotatable bonds is 5. The molecule has 4 nitrogen and oxygen atoms in total. The van der Waals surface area contributed by atoms with Gasteiger partial charge in [-0.15, -0.1) is 0 Å². The first-order valence-corrected chi connectivity index (χ1v) is 7.91. The summed E-state index contributed by atoms with van der Waals surface area (Å²) in [7, 11) is 4.31. The fraction of sp³-hybridized carbons (Fsp3) is 0.647. The molecule has 0 aliphatic carbocycles. The fourth-order valence-electron chi connectivity index (χ4n) is 2.97. The SMILES string of the molecule is CC(C)Oc1cc(N2CCC(CN(C)C)CC2)ccc1N. The van der Waals surface area contributed by atoms with Crippen molar-refractivity contribution in [3.05, 3.63) is 18.2 Å². The second-order valence-electron chi connectivity index (χ2n) is 6.58. The van der Waals surface area contributed by atoms with Gasteiger partial charge in [-0.05, 0) is 58.8 Å². The van der Waals surface area contributed by atoms with Gasteiger partial charge in [0.25, 0.3) is 0 Å². The summed E-state index contributed by atoms with van der Waals surface area (Å²) >= 11 is 0. The highest BCUT2D eigenvalue weighted by molar-refractivity contribution is 5.62. The van der Waals surface area contributed by atoms with Gasteiger partial charge >= 0.3 is 0 Å². The van der Waals surface area contributed by atoms with Gasteiger partial charge < -0.3 is 20.3 Å². The van der Waals surface area contributed by atoms with Crippen molar-refractivity contribution in [1.82, 2.24) is 4.90 Å². The topological polar surface area (TPSA) is 41.7 Å². The van der Waals surface area contributed by atoms with Crippen molar-refractivity contribution in [2.24, 2.45) is 5.92 Å². The van der Waals surface area contributed by atoms with E-state index in [-0.39, 0.29) is 6.10 Å². The van der Waals surface area contributed by atoms with E-state index >= 15 is 0 Å². The van der Waals surface area contributed by atoms with Gasteiger partial charge in [0.05, 0.1) is 11.8 Å². The van der Waals surface area contributed by atoms with Crippen LogP contribution in [0, 0.1) is 5.92 Å². The monoisotopic (exact) mass is 291 g/mol. The third-order valence-corrected chi connectivity index (χ3v) is 3.96. The molecule has 0 spiro atoms. The quantitative estimate of drug-likeness (QED) is 0.847. The highest BCUT2D eigenvalue weighted by Crippen LogP contribution is 2.31. The molecule has 4 heteroatoms. The first kappa shape index (κ1) is 16.0. The third kappa shape index (κ3) is 4.53. The van der Waals surface area contributed by atoms with Gasteiger partial charge in [-0.2, -0.15) is 0 Å². The molecule has 1 heterocycles. The van der Waals surface area contributed by atoms with E-state index in [1.807, 2.05) is 19.9 Å². The van der Waals surface area contributed by atoms with Gasteiger partial charge in [0.2, 0.25) is 0 Å². The molecule has 1 fully saturated rings. The molecule has 1 saturated heterocycles. The van der Waals surface area contributed by atoms with Gasteiger partial charge in [-0.25, -0.2) is 0 Å². The first-order chi connectivity index (χ1) is 9.95. The Bertz CT molecular complexity index is 451. The van der Waals surface area contributed by atoms with Crippen LogP contribution in [-0.4, -0.2) is 44.7 Å². The molecule has 0 atom stereocenters. The summed E-state index contributed by atoms with van der Waals surface area (Å²) in [5.41, 5.74) is 7.94. The minimum atomic E-state index is 0.147. The zero-order valence-corrected chi connectivity index (χ0v) is 13.8. The predicted octanol–water partition coefficient (Wildman–Crippen LogP) is 2.83. The summed E-state index contributed by atoms with van der Waals surface area (Å²) in [4.78, 5) is 4.73. The minimum Gasteiger partial charge on any atom is -0.489 e. The Hall–Kier alpha value is -1.42. The van der Waals surface area contributed by atoms with Crippen molar-refractivity contribution >= 4 is 11.4 Å². The highest BCUT2D eigenvalue weighted by Gasteiger charge is 2.20. The summed E-state index contributed by atoms with van der Waals surface area (Å²) < 4.78 is 5.79. The number of ether oxygens (including phenoxy) is 1. The molecular weight excluding hydrogens is 262 g/mol. The van der Waals surface area contributed by atoms with Crippen LogP contribution >= 0.6 is 0 Å². The molecule has 2 rings (SSSR count). The number of piperidine rings is 1. The Labute approximate surface area is 128 Å². The second-order valence-corrected chi connectivity index (χ2v) is 6.58. The largest absolute Gasteiger partial charge is 0.489 e. The van der Waals surface area contributed by atoms with E-state index in [2.05, 4.69) is 36.0 Å². The van der Waals surface area contributed by atoms with Crippen molar-refractivity contribution in [3.8, 4) is 5.75 Å². The zero-order valence-electron chi connectivity index (χ0n) is 13.8. The maximum Gasteiger partial charge on any atom is 0.144 e. The van der Waals surface area contributed by atoms with Crippen LogP contribution in [-0.2, 0) is 0 Å². The number of hydrogen-bond donors (Lipinski definition) is 1. The molecule has 1 aliphatic heterocycles. The summed E-state index contributed by atoms with van der Waals surface area (Å²) in [6.07, 6.45) is 2.65. The van der Waals surface area contributed by atoms with E-state index in [1.54, 1.807) is 0 Å². The summed E-state index contributed by atoms with van der Waals surface area (Å²) in [5.74, 6) is 1.62. The number of hydrogen-bond acceptors (Lipinski definition) is 4. The van der Waals surface area contributed by atoms with Gasteiger partial charge in [-0.1, -0.05) is 0 Å². The van der Waals surface area contributed by atoms with E-state index in [9.17, 15) is 0 Å². The predicted molar refractivity (Wildman–Crippen MR) is 90.1 cm³/mol. The Morgan fingerprint density at radius 3 is 2.52 bits per heavy atom. The van der Waals surface area contributed by atoms with Crippen molar-refractivity contribution in [1.29, 1.82) is 0 Å². The van der Waals surface area contributed by atoms with Crippen LogP contribution in [0.15, 0.2) is 18.2 Å². The zero-order chi connectivity index (χ0) is 15.4. The van der Waals surface area contributed by atoms with E-state index in [0.29, 0.717) is 0 Å². The van der Waals surface area contributed by atoms with Crippen LogP contribution in [0.25, 0.3) is 0 Å². The average molecular weight is 291 g/mol. The Kier molecular flexibility index (Phi) is 5.34. The maximum absolute atomic E-state index is 6.00. The molecule has 0 bridgehead atoms. The molecule has 1 aliphatic rings. The first-order valence-electron chi connectivity index (χ1n) is 7.91. The number of benzene rings is 1. The molecule has 0 aromatic heterocycles. The number of nitrogens with zero attached hydrogens (tertiary/aromatic N) is 2. The lowest BCUT2D eigenvalue weighted by Gasteiger charge is -2.35. The van der Waals surface area contributed by atoms with Crippen LogP contribution in [0.4, 0.5) is 11.4 Å². The van der Waals surface area contributed by atoms with E-state index in [4.69, 9.17) is 10.5 Å². The molecule has 0 radical (unpaired) electrons. The van der Waals surface area contributed by atoms with Crippen molar-refractivity contribution < 1.29 is 4.74 Å². The van der Waals surface area contributed by atoms with Crippen molar-refractivity contribution in [2.45, 2.75) is 32.8 Å². The molecule has 118 valence electrons. The molecular formula is C17H29N3O. The Morgan fingerprint density at radius 2 is 1.95 bits per heavy atom. The molecule has 2 N–H and O–H groups in total. The standard InChI is InChI=1S/C17H29N3O/c1-13(2)21-17-11-15(5-6-16(17)18)20-9-7-14(8-10-20)12-19(3)4/h5-6,11,13-14H,7-10,12,18H2,1-4H3.